The van der Waals surface area contributed by atoms with Crippen LogP contribution < -0.4 is 10.3 Å². The number of benzene rings is 1. The molecule has 0 atom stereocenters. The maximum absolute atomic E-state index is 11.5. The van der Waals surface area contributed by atoms with Crippen molar-refractivity contribution in [1.82, 2.24) is 4.98 Å². The molecule has 0 spiro atoms. The lowest BCUT2D eigenvalue weighted by Crippen LogP contribution is -2.11. The van der Waals surface area contributed by atoms with Gasteiger partial charge in [0.05, 0.1) is 6.61 Å². The molecule has 0 unspecified atom stereocenters. The van der Waals surface area contributed by atoms with Gasteiger partial charge < -0.3 is 9.72 Å². The first-order valence-electron chi connectivity index (χ1n) is 6.03. The Bertz CT molecular complexity index is 679. The quantitative estimate of drug-likeness (QED) is 0.915. The Balaban J connectivity index is 2.47. The minimum Gasteiger partial charge on any atom is -0.494 e. The summed E-state index contributed by atoms with van der Waals surface area (Å²) in [5, 5.41) is 8.90. The van der Waals surface area contributed by atoms with Crippen LogP contribution in [0.4, 0.5) is 0 Å². The SMILES string of the molecule is CCOc1ccc(-c2cc(C#N)c(=O)[nH]c2C)cc1. The Labute approximate surface area is 111 Å². The third-order valence-corrected chi connectivity index (χ3v) is 2.84. The molecule has 4 heteroatoms. The molecule has 0 saturated carbocycles. The highest BCUT2D eigenvalue weighted by molar-refractivity contribution is 5.67. The average molecular weight is 254 g/mol. The average Bonchev–Trinajstić information content (AvgIpc) is 2.41. The lowest BCUT2D eigenvalue weighted by Gasteiger charge is -2.08. The molecule has 1 aromatic heterocycles. The molecule has 0 saturated heterocycles. The van der Waals surface area contributed by atoms with Gasteiger partial charge in [-0.3, -0.25) is 4.79 Å². The highest BCUT2D eigenvalue weighted by Gasteiger charge is 2.07. The number of hydrogen-bond donors (Lipinski definition) is 1. The lowest BCUT2D eigenvalue weighted by molar-refractivity contribution is 0.340. The van der Waals surface area contributed by atoms with Crippen molar-refractivity contribution in [2.75, 3.05) is 6.61 Å². The van der Waals surface area contributed by atoms with Crippen LogP contribution in [0, 0.1) is 18.3 Å². The molecule has 0 aliphatic carbocycles. The van der Waals surface area contributed by atoms with Crippen molar-refractivity contribution in [1.29, 1.82) is 5.26 Å². The summed E-state index contributed by atoms with van der Waals surface area (Å²) < 4.78 is 5.38. The van der Waals surface area contributed by atoms with Gasteiger partial charge in [0, 0.05) is 11.3 Å². The standard InChI is InChI=1S/C15H14N2O2/c1-3-19-13-6-4-11(5-7-13)14-8-12(9-16)15(18)17-10(14)2/h4-8H,3H2,1-2H3,(H,17,18). The van der Waals surface area contributed by atoms with E-state index in [0.717, 1.165) is 22.6 Å². The minimum absolute atomic E-state index is 0.120. The van der Waals surface area contributed by atoms with E-state index in [1.165, 1.54) is 0 Å². The van der Waals surface area contributed by atoms with Crippen molar-refractivity contribution in [3.63, 3.8) is 0 Å². The van der Waals surface area contributed by atoms with Gasteiger partial charge in [0.25, 0.3) is 5.56 Å². The number of nitrogens with zero attached hydrogens (tertiary/aromatic N) is 1. The first kappa shape index (κ1) is 12.9. The predicted octanol–water partition coefficient (Wildman–Crippen LogP) is 2.62. The molecule has 0 aliphatic heterocycles. The van der Waals surface area contributed by atoms with E-state index in [4.69, 9.17) is 10.00 Å². The van der Waals surface area contributed by atoms with E-state index in [1.807, 2.05) is 44.2 Å². The zero-order chi connectivity index (χ0) is 13.8. The number of nitrogens with one attached hydrogen (secondary N) is 1. The molecule has 1 heterocycles. The zero-order valence-electron chi connectivity index (χ0n) is 10.9. The number of aryl methyl sites for hydroxylation is 1. The van der Waals surface area contributed by atoms with Gasteiger partial charge in [0.2, 0.25) is 0 Å². The van der Waals surface area contributed by atoms with Crippen LogP contribution >= 0.6 is 0 Å². The van der Waals surface area contributed by atoms with Gasteiger partial charge in [0.1, 0.15) is 17.4 Å². The van der Waals surface area contributed by atoms with E-state index in [1.54, 1.807) is 6.07 Å². The highest BCUT2D eigenvalue weighted by atomic mass is 16.5. The van der Waals surface area contributed by atoms with Crippen LogP contribution in [0.5, 0.6) is 5.75 Å². The first-order chi connectivity index (χ1) is 9.15. The van der Waals surface area contributed by atoms with Crippen molar-refractivity contribution in [3.8, 4) is 22.9 Å². The van der Waals surface area contributed by atoms with Crippen LogP contribution in [0.15, 0.2) is 35.1 Å². The summed E-state index contributed by atoms with van der Waals surface area (Å²) in [6.07, 6.45) is 0. The summed E-state index contributed by atoms with van der Waals surface area (Å²) in [6, 6.07) is 11.1. The van der Waals surface area contributed by atoms with Crippen molar-refractivity contribution in [2.45, 2.75) is 13.8 Å². The number of aromatic amines is 1. The fourth-order valence-corrected chi connectivity index (χ4v) is 1.90. The molecule has 0 aliphatic rings. The van der Waals surface area contributed by atoms with Gasteiger partial charge in [-0.15, -0.1) is 0 Å². The fraction of sp³-hybridized carbons (Fsp3) is 0.200. The summed E-state index contributed by atoms with van der Waals surface area (Å²) in [5.41, 5.74) is 2.30. The molecule has 0 radical (unpaired) electrons. The number of rotatable bonds is 3. The fourth-order valence-electron chi connectivity index (χ4n) is 1.90. The Morgan fingerprint density at radius 1 is 1.32 bits per heavy atom. The second-order valence-corrected chi connectivity index (χ2v) is 4.12. The van der Waals surface area contributed by atoms with Gasteiger partial charge in [-0.25, -0.2) is 0 Å². The number of hydrogen-bond acceptors (Lipinski definition) is 3. The zero-order valence-corrected chi connectivity index (χ0v) is 10.9. The van der Waals surface area contributed by atoms with Crippen molar-refractivity contribution < 1.29 is 4.74 Å². The Hall–Kier alpha value is -2.54. The maximum Gasteiger partial charge on any atom is 0.266 e. The highest BCUT2D eigenvalue weighted by Crippen LogP contribution is 2.24. The Kier molecular flexibility index (Phi) is 3.67. The van der Waals surface area contributed by atoms with Gasteiger partial charge >= 0.3 is 0 Å². The van der Waals surface area contributed by atoms with Crippen molar-refractivity contribution >= 4 is 0 Å². The van der Waals surface area contributed by atoms with E-state index in [0.29, 0.717) is 6.61 Å². The lowest BCUT2D eigenvalue weighted by atomic mass is 10.0. The number of nitriles is 1. The number of H-pyrrole nitrogens is 1. The first-order valence-corrected chi connectivity index (χ1v) is 6.03. The normalized spacial score (nSPS) is 9.95. The third kappa shape index (κ3) is 2.66. The van der Waals surface area contributed by atoms with E-state index in [-0.39, 0.29) is 11.1 Å². The Morgan fingerprint density at radius 2 is 2.00 bits per heavy atom. The second-order valence-electron chi connectivity index (χ2n) is 4.12. The summed E-state index contributed by atoms with van der Waals surface area (Å²) >= 11 is 0. The van der Waals surface area contributed by atoms with E-state index in [2.05, 4.69) is 4.98 Å². The molecule has 4 nitrogen and oxygen atoms in total. The van der Waals surface area contributed by atoms with Gasteiger partial charge in [-0.05, 0) is 37.6 Å². The molecule has 2 aromatic rings. The summed E-state index contributed by atoms with van der Waals surface area (Å²) in [5.74, 6) is 0.800. The van der Waals surface area contributed by atoms with E-state index in [9.17, 15) is 4.79 Å². The molecule has 2 rings (SSSR count). The van der Waals surface area contributed by atoms with Gasteiger partial charge in [0.15, 0.2) is 0 Å². The number of ether oxygens (including phenoxy) is 1. The summed E-state index contributed by atoms with van der Waals surface area (Å²) in [6.45, 7) is 4.36. The second kappa shape index (κ2) is 5.40. The van der Waals surface area contributed by atoms with Crippen LogP contribution in [-0.4, -0.2) is 11.6 Å². The van der Waals surface area contributed by atoms with Crippen LogP contribution in [0.3, 0.4) is 0 Å². The Morgan fingerprint density at radius 3 is 2.58 bits per heavy atom. The van der Waals surface area contributed by atoms with E-state index >= 15 is 0 Å². The third-order valence-electron chi connectivity index (χ3n) is 2.84. The summed E-state index contributed by atoms with van der Waals surface area (Å²) in [7, 11) is 0. The molecular formula is C15H14N2O2. The molecule has 96 valence electrons. The molecule has 0 bridgehead atoms. The number of pyridine rings is 1. The smallest absolute Gasteiger partial charge is 0.266 e. The minimum atomic E-state index is -0.352. The monoisotopic (exact) mass is 254 g/mol. The maximum atomic E-state index is 11.5. The molecule has 0 fully saturated rings. The van der Waals surface area contributed by atoms with Gasteiger partial charge in [-0.1, -0.05) is 12.1 Å². The number of aromatic nitrogens is 1. The topological polar surface area (TPSA) is 65.9 Å². The van der Waals surface area contributed by atoms with Crippen LogP contribution in [0.25, 0.3) is 11.1 Å². The molecule has 0 amide bonds. The van der Waals surface area contributed by atoms with E-state index < -0.39 is 0 Å². The summed E-state index contributed by atoms with van der Waals surface area (Å²) in [4.78, 5) is 14.2. The van der Waals surface area contributed by atoms with Crippen LogP contribution in [0.2, 0.25) is 0 Å². The van der Waals surface area contributed by atoms with Gasteiger partial charge in [-0.2, -0.15) is 5.26 Å². The molecule has 19 heavy (non-hydrogen) atoms. The predicted molar refractivity (Wildman–Crippen MR) is 73.1 cm³/mol. The van der Waals surface area contributed by atoms with Crippen molar-refractivity contribution in [2.24, 2.45) is 0 Å². The van der Waals surface area contributed by atoms with Crippen molar-refractivity contribution in [3.05, 3.63) is 51.9 Å². The largest absolute Gasteiger partial charge is 0.494 e. The molecule has 1 aromatic carbocycles. The molecular weight excluding hydrogens is 240 g/mol. The molecule has 1 N–H and O–H groups in total. The van der Waals surface area contributed by atoms with Crippen LogP contribution in [0.1, 0.15) is 18.2 Å². The van der Waals surface area contributed by atoms with Crippen LogP contribution in [-0.2, 0) is 0 Å².